The Morgan fingerprint density at radius 3 is 2.83 bits per heavy atom. The Morgan fingerprint density at radius 2 is 2.00 bits per heavy atom. The first-order valence-corrected chi connectivity index (χ1v) is 11.6. The van der Waals surface area contributed by atoms with E-state index in [9.17, 15) is 9.59 Å². The summed E-state index contributed by atoms with van der Waals surface area (Å²) in [6, 6.07) is 17.3. The number of carboxylic acid groups (broad SMARTS) is 1. The number of amides is 1. The van der Waals surface area contributed by atoms with Gasteiger partial charge in [-0.15, -0.1) is 0 Å². The number of carbonyl (C=O) groups excluding carboxylic acids is 1. The second-order valence-electron chi connectivity index (χ2n) is 8.82. The summed E-state index contributed by atoms with van der Waals surface area (Å²) in [5.41, 5.74) is 6.21. The van der Waals surface area contributed by atoms with Gasteiger partial charge in [0.2, 0.25) is 5.91 Å². The van der Waals surface area contributed by atoms with Crippen molar-refractivity contribution in [3.8, 4) is 5.75 Å². The van der Waals surface area contributed by atoms with Crippen LogP contribution in [0.1, 0.15) is 44.5 Å². The molecule has 7 nitrogen and oxygen atoms in total. The molecule has 174 valence electrons. The van der Waals surface area contributed by atoms with E-state index in [1.54, 1.807) is 12.1 Å². The van der Waals surface area contributed by atoms with Gasteiger partial charge in [-0.3, -0.25) is 9.78 Å². The number of carboxylic acids is 1. The number of fused-ring (bicyclic) bond motifs is 4. The van der Waals surface area contributed by atoms with Crippen LogP contribution in [0.4, 0.5) is 0 Å². The molecular weight excluding hydrogens is 442 g/mol. The summed E-state index contributed by atoms with van der Waals surface area (Å²) in [5, 5.41) is 10.3. The number of pyridine rings is 1. The van der Waals surface area contributed by atoms with Crippen molar-refractivity contribution in [2.45, 2.75) is 18.9 Å². The molecule has 2 aromatic heterocycles. The standard InChI is InChI=1S/C28H23N3O4/c32-25(10-8-20-7-5-19(16-29-20)28(33)34)31-13-11-22-21-3-1-2-4-23(21)30-26(22)27(31)18-6-9-24-17(15-18)12-14-35-24/h1-10,15-16,27,30H,11-14H2,(H,33,34)/b10-8+/t27-/m1/s1. The van der Waals surface area contributed by atoms with Crippen LogP contribution in [0, 0.1) is 0 Å². The van der Waals surface area contributed by atoms with Crippen LogP contribution < -0.4 is 4.74 Å². The van der Waals surface area contributed by atoms with Crippen molar-refractivity contribution in [3.05, 3.63) is 101 Å². The molecule has 1 amide bonds. The Balaban J connectivity index is 1.38. The SMILES string of the molecule is O=C(O)c1ccc(/C=C/C(=O)N2CCc3c([nH]c4ccccc34)[C@H]2c2ccc3c(c2)CCO3)nc1. The summed E-state index contributed by atoms with van der Waals surface area (Å²) in [6.45, 7) is 1.27. The highest BCUT2D eigenvalue weighted by molar-refractivity contribution is 5.93. The third-order valence-corrected chi connectivity index (χ3v) is 6.78. The van der Waals surface area contributed by atoms with Gasteiger partial charge in [0.25, 0.3) is 0 Å². The van der Waals surface area contributed by atoms with E-state index >= 15 is 0 Å². The number of aromatic carboxylic acids is 1. The number of hydrogen-bond donors (Lipinski definition) is 2. The first kappa shape index (κ1) is 21.2. The third kappa shape index (κ3) is 3.75. The van der Waals surface area contributed by atoms with Gasteiger partial charge in [-0.1, -0.05) is 24.3 Å². The fourth-order valence-corrected chi connectivity index (χ4v) is 5.08. The van der Waals surface area contributed by atoms with E-state index in [4.69, 9.17) is 9.84 Å². The van der Waals surface area contributed by atoms with Gasteiger partial charge in [-0.25, -0.2) is 4.79 Å². The second kappa shape index (κ2) is 8.43. The lowest BCUT2D eigenvalue weighted by Crippen LogP contribution is -2.39. The Morgan fingerprint density at radius 1 is 1.11 bits per heavy atom. The van der Waals surface area contributed by atoms with Crippen LogP contribution in [0.5, 0.6) is 5.75 Å². The first-order valence-electron chi connectivity index (χ1n) is 11.6. The van der Waals surface area contributed by atoms with Gasteiger partial charge in [-0.2, -0.15) is 0 Å². The third-order valence-electron chi connectivity index (χ3n) is 6.78. The Kier molecular flexibility index (Phi) is 5.10. The van der Waals surface area contributed by atoms with Crippen LogP contribution in [-0.4, -0.2) is 45.0 Å². The number of aromatic amines is 1. The molecule has 6 rings (SSSR count). The summed E-state index contributed by atoms with van der Waals surface area (Å²) < 4.78 is 5.70. The minimum absolute atomic E-state index is 0.108. The number of aromatic nitrogens is 2. The smallest absolute Gasteiger partial charge is 0.337 e. The molecule has 0 spiro atoms. The van der Waals surface area contributed by atoms with E-state index in [0.717, 1.165) is 40.9 Å². The second-order valence-corrected chi connectivity index (χ2v) is 8.82. The zero-order chi connectivity index (χ0) is 23.9. The molecule has 0 saturated carbocycles. The number of para-hydroxylation sites is 1. The molecule has 0 radical (unpaired) electrons. The molecule has 0 aliphatic carbocycles. The molecule has 2 aliphatic rings. The predicted molar refractivity (Wildman–Crippen MR) is 131 cm³/mol. The van der Waals surface area contributed by atoms with Gasteiger partial charge >= 0.3 is 5.97 Å². The molecule has 0 unspecified atom stereocenters. The lowest BCUT2D eigenvalue weighted by molar-refractivity contribution is -0.128. The molecular formula is C28H23N3O4. The average molecular weight is 466 g/mol. The van der Waals surface area contributed by atoms with Crippen molar-refractivity contribution < 1.29 is 19.4 Å². The molecule has 4 heterocycles. The van der Waals surface area contributed by atoms with E-state index < -0.39 is 5.97 Å². The van der Waals surface area contributed by atoms with E-state index in [2.05, 4.69) is 28.2 Å². The normalized spacial score (nSPS) is 16.8. The number of ether oxygens (including phenoxy) is 1. The molecule has 1 atom stereocenters. The minimum Gasteiger partial charge on any atom is -0.493 e. The van der Waals surface area contributed by atoms with Crippen molar-refractivity contribution in [1.82, 2.24) is 14.9 Å². The van der Waals surface area contributed by atoms with Crippen molar-refractivity contribution in [2.24, 2.45) is 0 Å². The quantitative estimate of drug-likeness (QED) is 0.436. The number of carbonyl (C=O) groups is 2. The topological polar surface area (TPSA) is 95.5 Å². The molecule has 2 N–H and O–H groups in total. The number of rotatable bonds is 4. The van der Waals surface area contributed by atoms with Gasteiger partial charge in [-0.05, 0) is 59.5 Å². The lowest BCUT2D eigenvalue weighted by atomic mass is 9.91. The summed E-state index contributed by atoms with van der Waals surface area (Å²) in [6.07, 6.45) is 6.05. The number of nitrogens with one attached hydrogen (secondary N) is 1. The molecule has 0 saturated heterocycles. The van der Waals surface area contributed by atoms with Gasteiger partial charge in [0, 0.05) is 41.8 Å². The lowest BCUT2D eigenvalue weighted by Gasteiger charge is -2.36. The Labute approximate surface area is 201 Å². The van der Waals surface area contributed by atoms with Crippen molar-refractivity contribution >= 4 is 28.9 Å². The van der Waals surface area contributed by atoms with Crippen molar-refractivity contribution in [2.75, 3.05) is 13.2 Å². The van der Waals surface area contributed by atoms with E-state index in [-0.39, 0.29) is 17.5 Å². The van der Waals surface area contributed by atoms with Crippen LogP contribution in [-0.2, 0) is 17.6 Å². The molecule has 35 heavy (non-hydrogen) atoms. The maximum Gasteiger partial charge on any atom is 0.337 e. The van der Waals surface area contributed by atoms with Gasteiger partial charge in [0.05, 0.1) is 23.9 Å². The highest BCUT2D eigenvalue weighted by Crippen LogP contribution is 2.40. The molecule has 2 aliphatic heterocycles. The fourth-order valence-electron chi connectivity index (χ4n) is 5.08. The summed E-state index contributed by atoms with van der Waals surface area (Å²) in [4.78, 5) is 34.1. The monoisotopic (exact) mass is 465 g/mol. The summed E-state index contributed by atoms with van der Waals surface area (Å²) >= 11 is 0. The Bertz CT molecular complexity index is 1490. The maximum atomic E-state index is 13.5. The molecule has 2 aromatic carbocycles. The summed E-state index contributed by atoms with van der Waals surface area (Å²) in [7, 11) is 0. The van der Waals surface area contributed by atoms with Crippen molar-refractivity contribution in [1.29, 1.82) is 0 Å². The molecule has 0 fully saturated rings. The van der Waals surface area contributed by atoms with Crippen LogP contribution in [0.2, 0.25) is 0 Å². The fraction of sp³-hybridized carbons (Fsp3) is 0.179. The number of H-pyrrole nitrogens is 1. The molecule has 7 heteroatoms. The first-order chi connectivity index (χ1) is 17.1. The van der Waals surface area contributed by atoms with Crippen LogP contribution in [0.15, 0.2) is 66.9 Å². The van der Waals surface area contributed by atoms with Gasteiger partial charge in [0.1, 0.15) is 5.75 Å². The largest absolute Gasteiger partial charge is 0.493 e. The van der Waals surface area contributed by atoms with E-state index in [1.807, 2.05) is 29.2 Å². The van der Waals surface area contributed by atoms with E-state index in [1.165, 1.54) is 29.3 Å². The highest BCUT2D eigenvalue weighted by Gasteiger charge is 2.34. The number of benzene rings is 2. The molecule has 0 bridgehead atoms. The van der Waals surface area contributed by atoms with Gasteiger partial charge in [0.15, 0.2) is 0 Å². The molecule has 4 aromatic rings. The number of nitrogens with zero attached hydrogens (tertiary/aromatic N) is 2. The zero-order valence-electron chi connectivity index (χ0n) is 18.9. The average Bonchev–Trinajstić information content (AvgIpc) is 3.51. The Hall–Kier alpha value is -4.39. The van der Waals surface area contributed by atoms with Crippen LogP contribution in [0.3, 0.4) is 0 Å². The van der Waals surface area contributed by atoms with Crippen LogP contribution >= 0.6 is 0 Å². The highest BCUT2D eigenvalue weighted by atomic mass is 16.5. The van der Waals surface area contributed by atoms with Crippen molar-refractivity contribution in [3.63, 3.8) is 0 Å². The minimum atomic E-state index is -1.03. The predicted octanol–water partition coefficient (Wildman–Crippen LogP) is 4.38. The van der Waals surface area contributed by atoms with Crippen LogP contribution in [0.25, 0.3) is 17.0 Å². The number of hydrogen-bond acceptors (Lipinski definition) is 4. The zero-order valence-corrected chi connectivity index (χ0v) is 18.9. The van der Waals surface area contributed by atoms with Gasteiger partial charge < -0.3 is 19.7 Å². The maximum absolute atomic E-state index is 13.5. The van der Waals surface area contributed by atoms with E-state index in [0.29, 0.717) is 18.8 Å². The summed E-state index contributed by atoms with van der Waals surface area (Å²) in [5.74, 6) is -0.246.